The number of halogens is 1. The highest BCUT2D eigenvalue weighted by atomic mass is 32.2. The van der Waals surface area contributed by atoms with Gasteiger partial charge in [0.15, 0.2) is 0 Å². The van der Waals surface area contributed by atoms with E-state index in [0.717, 1.165) is 11.1 Å². The van der Waals surface area contributed by atoms with E-state index < -0.39 is 10.0 Å². The second-order valence-electron chi connectivity index (χ2n) is 8.62. The van der Waals surface area contributed by atoms with Gasteiger partial charge in [-0.2, -0.15) is 4.31 Å². The Morgan fingerprint density at radius 3 is 2.27 bits per heavy atom. The molecule has 1 amide bonds. The van der Waals surface area contributed by atoms with E-state index in [1.54, 1.807) is 23.1 Å². The van der Waals surface area contributed by atoms with Crippen molar-refractivity contribution in [3.63, 3.8) is 0 Å². The lowest BCUT2D eigenvalue weighted by molar-refractivity contribution is -0.137. The van der Waals surface area contributed by atoms with E-state index in [-0.39, 0.29) is 17.6 Å². The Balaban J connectivity index is 1.62. The molecule has 8 heteroatoms. The lowest BCUT2D eigenvalue weighted by atomic mass is 9.96. The average Bonchev–Trinajstić information content (AvgIpc) is 2.82. The highest BCUT2D eigenvalue weighted by molar-refractivity contribution is 7.92. The molecule has 2 aromatic carbocycles. The molecule has 178 valence electrons. The van der Waals surface area contributed by atoms with Crippen LogP contribution < -0.4 is 0 Å². The number of piperidine rings is 1. The molecule has 3 rings (SSSR count). The Labute approximate surface area is 196 Å². The molecule has 2 aromatic rings. The van der Waals surface area contributed by atoms with E-state index in [1.165, 1.54) is 21.8 Å². The van der Waals surface area contributed by atoms with Gasteiger partial charge in [0.2, 0.25) is 15.9 Å². The summed E-state index contributed by atoms with van der Waals surface area (Å²) in [5, 5.41) is 1.24. The molecule has 1 aliphatic rings. The fourth-order valence-corrected chi connectivity index (χ4v) is 5.05. The molecule has 0 N–H and O–H groups in total. The summed E-state index contributed by atoms with van der Waals surface area (Å²) in [6.45, 7) is 2.31. The third-order valence-corrected chi connectivity index (χ3v) is 7.38. The van der Waals surface area contributed by atoms with E-state index in [9.17, 15) is 17.6 Å². The van der Waals surface area contributed by atoms with Crippen LogP contribution in [0.2, 0.25) is 0 Å². The topological polar surface area (TPSA) is 60.9 Å². The van der Waals surface area contributed by atoms with Crippen molar-refractivity contribution in [2.24, 2.45) is 5.92 Å². The fraction of sp³-hybridized carbons (Fsp3) is 0.400. The summed E-state index contributed by atoms with van der Waals surface area (Å²) in [5.41, 5.74) is 1.69. The summed E-state index contributed by atoms with van der Waals surface area (Å²) in [5.74, 6) is -0.505. The van der Waals surface area contributed by atoms with Gasteiger partial charge in [-0.1, -0.05) is 42.5 Å². The van der Waals surface area contributed by atoms with Crippen LogP contribution in [0, 0.1) is 11.7 Å². The summed E-state index contributed by atoms with van der Waals surface area (Å²) >= 11 is 0. The number of hydrogen-bond acceptors (Lipinski definition) is 4. The summed E-state index contributed by atoms with van der Waals surface area (Å²) in [6, 6.07) is 15.5. The van der Waals surface area contributed by atoms with Crippen LogP contribution in [0.5, 0.6) is 0 Å². The largest absolute Gasteiger partial charge is 0.337 e. The first kappa shape index (κ1) is 25.1. The van der Waals surface area contributed by atoms with Crippen molar-refractivity contribution in [1.29, 1.82) is 0 Å². The quantitative estimate of drug-likeness (QED) is 0.560. The SMILES string of the molecule is CN(C)CCN(Cc1ccc(F)cc1)C(=O)C1CCN(S(=O)(=O)/C=C/c2ccccc2)CC1. The Hall–Kier alpha value is -2.55. The van der Waals surface area contributed by atoms with E-state index in [4.69, 9.17) is 0 Å². The average molecular weight is 474 g/mol. The van der Waals surface area contributed by atoms with Gasteiger partial charge in [-0.15, -0.1) is 0 Å². The molecular formula is C25H32FN3O3S. The van der Waals surface area contributed by atoms with Gasteiger partial charge in [0.05, 0.1) is 0 Å². The Bertz CT molecular complexity index is 1030. The van der Waals surface area contributed by atoms with Crippen molar-refractivity contribution in [1.82, 2.24) is 14.1 Å². The summed E-state index contributed by atoms with van der Waals surface area (Å²) in [4.78, 5) is 17.1. The van der Waals surface area contributed by atoms with Crippen LogP contribution in [0.15, 0.2) is 60.0 Å². The zero-order chi connectivity index (χ0) is 23.8. The third kappa shape index (κ3) is 7.48. The van der Waals surface area contributed by atoms with Crippen LogP contribution in [0.3, 0.4) is 0 Å². The van der Waals surface area contributed by atoms with Gasteiger partial charge >= 0.3 is 0 Å². The maximum absolute atomic E-state index is 13.3. The smallest absolute Gasteiger partial charge is 0.236 e. The standard InChI is InChI=1S/C25H32FN3O3S/c1-27(2)17-18-28(20-22-8-10-24(26)11-9-22)25(30)23-12-15-29(16-13-23)33(31,32)19-14-21-6-4-3-5-7-21/h3-11,14,19,23H,12-13,15-18,20H2,1-2H3/b19-14+. The maximum Gasteiger partial charge on any atom is 0.236 e. The lowest BCUT2D eigenvalue weighted by Crippen LogP contribution is -2.45. The number of hydrogen-bond donors (Lipinski definition) is 0. The van der Waals surface area contributed by atoms with E-state index in [0.29, 0.717) is 45.6 Å². The zero-order valence-corrected chi connectivity index (χ0v) is 20.0. The Kier molecular flexibility index (Phi) is 8.77. The van der Waals surface area contributed by atoms with E-state index >= 15 is 0 Å². The van der Waals surface area contributed by atoms with Gasteiger partial charge in [-0.25, -0.2) is 12.8 Å². The molecular weight excluding hydrogens is 441 g/mol. The maximum atomic E-state index is 13.3. The summed E-state index contributed by atoms with van der Waals surface area (Å²) < 4.78 is 40.2. The number of amides is 1. The molecule has 0 unspecified atom stereocenters. The van der Waals surface area contributed by atoms with Gasteiger partial charge in [0.1, 0.15) is 5.82 Å². The predicted molar refractivity (Wildman–Crippen MR) is 129 cm³/mol. The first-order valence-corrected chi connectivity index (χ1v) is 12.7. The molecule has 1 aliphatic heterocycles. The van der Waals surface area contributed by atoms with E-state index in [1.807, 2.05) is 49.3 Å². The second-order valence-corrected chi connectivity index (χ2v) is 10.4. The van der Waals surface area contributed by atoms with Crippen LogP contribution in [0.25, 0.3) is 6.08 Å². The Morgan fingerprint density at radius 1 is 1.03 bits per heavy atom. The molecule has 6 nitrogen and oxygen atoms in total. The number of benzene rings is 2. The van der Waals surface area contributed by atoms with Gasteiger partial charge < -0.3 is 9.80 Å². The van der Waals surface area contributed by atoms with Crippen molar-refractivity contribution in [3.8, 4) is 0 Å². The first-order valence-electron chi connectivity index (χ1n) is 11.2. The van der Waals surface area contributed by atoms with Crippen LogP contribution >= 0.6 is 0 Å². The van der Waals surface area contributed by atoms with Crippen molar-refractivity contribution in [2.45, 2.75) is 19.4 Å². The highest BCUT2D eigenvalue weighted by Gasteiger charge is 2.32. The number of carbonyl (C=O) groups is 1. The minimum absolute atomic E-state index is 0.0260. The van der Waals surface area contributed by atoms with Gasteiger partial charge in [0, 0.05) is 44.0 Å². The van der Waals surface area contributed by atoms with Crippen LogP contribution in [0.4, 0.5) is 4.39 Å². The molecule has 0 saturated carbocycles. The molecule has 33 heavy (non-hydrogen) atoms. The van der Waals surface area contributed by atoms with Crippen molar-refractivity contribution in [3.05, 3.63) is 76.9 Å². The molecule has 0 radical (unpaired) electrons. The lowest BCUT2D eigenvalue weighted by Gasteiger charge is -2.33. The molecule has 0 atom stereocenters. The van der Waals surface area contributed by atoms with Crippen molar-refractivity contribution < 1.29 is 17.6 Å². The van der Waals surface area contributed by atoms with Gasteiger partial charge in [0.25, 0.3) is 0 Å². The van der Waals surface area contributed by atoms with Crippen molar-refractivity contribution in [2.75, 3.05) is 40.3 Å². The summed E-state index contributed by atoms with van der Waals surface area (Å²) in [7, 11) is 0.363. The van der Waals surface area contributed by atoms with Gasteiger partial charge in [-0.05, 0) is 56.3 Å². The Morgan fingerprint density at radius 2 is 1.67 bits per heavy atom. The number of rotatable bonds is 9. The normalized spacial score (nSPS) is 15.9. The third-order valence-electron chi connectivity index (χ3n) is 5.81. The van der Waals surface area contributed by atoms with E-state index in [2.05, 4.69) is 0 Å². The zero-order valence-electron chi connectivity index (χ0n) is 19.2. The number of sulfonamides is 1. The number of nitrogens with zero attached hydrogens (tertiary/aromatic N) is 3. The minimum Gasteiger partial charge on any atom is -0.337 e. The second kappa shape index (κ2) is 11.5. The molecule has 1 saturated heterocycles. The van der Waals surface area contributed by atoms with Crippen LogP contribution in [0.1, 0.15) is 24.0 Å². The van der Waals surface area contributed by atoms with Crippen LogP contribution in [-0.4, -0.2) is 68.7 Å². The number of carbonyl (C=O) groups excluding carboxylic acids is 1. The van der Waals surface area contributed by atoms with Crippen LogP contribution in [-0.2, 0) is 21.4 Å². The number of likely N-dealkylation sites (N-methyl/N-ethyl adjacent to an activating group) is 1. The molecule has 0 aromatic heterocycles. The molecule has 1 fully saturated rings. The molecule has 0 bridgehead atoms. The fourth-order valence-electron chi connectivity index (χ4n) is 3.83. The highest BCUT2D eigenvalue weighted by Crippen LogP contribution is 2.23. The monoisotopic (exact) mass is 473 g/mol. The van der Waals surface area contributed by atoms with Crippen molar-refractivity contribution >= 4 is 22.0 Å². The molecule has 0 aliphatic carbocycles. The first-order chi connectivity index (χ1) is 15.7. The molecule has 0 spiro atoms. The van der Waals surface area contributed by atoms with Gasteiger partial charge in [-0.3, -0.25) is 4.79 Å². The molecule has 1 heterocycles. The predicted octanol–water partition coefficient (Wildman–Crippen LogP) is 3.43. The summed E-state index contributed by atoms with van der Waals surface area (Å²) in [6.07, 6.45) is 2.57. The minimum atomic E-state index is -3.54.